The molecule has 0 unspecified atom stereocenters. The van der Waals surface area contributed by atoms with Crippen molar-refractivity contribution in [3.8, 4) is 0 Å². The van der Waals surface area contributed by atoms with E-state index in [4.69, 9.17) is 4.74 Å². The van der Waals surface area contributed by atoms with Crippen molar-refractivity contribution in [2.75, 3.05) is 12.4 Å². The van der Waals surface area contributed by atoms with E-state index in [0.29, 0.717) is 10.7 Å². The Morgan fingerprint density at radius 1 is 1.22 bits per heavy atom. The molecule has 3 rings (SSSR count). The number of carbonyl (C=O) groups is 1. The summed E-state index contributed by atoms with van der Waals surface area (Å²) in [5.74, 6) is 0.355. The van der Waals surface area contributed by atoms with Crippen LogP contribution in [0, 0.1) is 20.8 Å². The lowest BCUT2D eigenvalue weighted by atomic mass is 10.1. The number of benzene rings is 1. The third-order valence-corrected chi connectivity index (χ3v) is 4.91. The highest BCUT2D eigenvalue weighted by molar-refractivity contribution is 7.20. The van der Waals surface area contributed by atoms with Crippen LogP contribution in [0.4, 0.5) is 11.5 Å². The van der Waals surface area contributed by atoms with Crippen LogP contribution in [-0.4, -0.2) is 23.0 Å². The van der Waals surface area contributed by atoms with Crippen LogP contribution in [0.3, 0.4) is 0 Å². The molecule has 0 radical (unpaired) electrons. The molecule has 0 saturated carbocycles. The molecule has 0 aliphatic carbocycles. The topological polar surface area (TPSA) is 64.1 Å². The summed E-state index contributed by atoms with van der Waals surface area (Å²) >= 11 is 1.32. The number of hydrogen-bond donors (Lipinski definition) is 1. The molecular weight excluding hydrogens is 310 g/mol. The molecule has 118 valence electrons. The molecule has 6 heteroatoms. The second kappa shape index (κ2) is 5.96. The molecule has 0 fully saturated rings. The number of hydrogen-bond acceptors (Lipinski definition) is 6. The Kier molecular flexibility index (Phi) is 4.00. The van der Waals surface area contributed by atoms with Crippen molar-refractivity contribution in [3.05, 3.63) is 46.1 Å². The minimum absolute atomic E-state index is 0.344. The third-order valence-electron chi connectivity index (χ3n) is 3.73. The van der Waals surface area contributed by atoms with Crippen molar-refractivity contribution in [2.24, 2.45) is 0 Å². The summed E-state index contributed by atoms with van der Waals surface area (Å²) < 4.78 is 4.84. The summed E-state index contributed by atoms with van der Waals surface area (Å²) in [4.78, 5) is 21.9. The molecule has 2 aromatic heterocycles. The molecule has 0 atom stereocenters. The molecule has 2 heterocycles. The van der Waals surface area contributed by atoms with Gasteiger partial charge in [0.2, 0.25) is 0 Å². The van der Waals surface area contributed by atoms with Gasteiger partial charge in [0.1, 0.15) is 21.9 Å². The van der Waals surface area contributed by atoms with Crippen molar-refractivity contribution >= 4 is 39.0 Å². The highest BCUT2D eigenvalue weighted by atomic mass is 32.1. The van der Waals surface area contributed by atoms with E-state index in [2.05, 4.69) is 28.3 Å². The van der Waals surface area contributed by atoms with E-state index < -0.39 is 0 Å². The number of carbonyl (C=O) groups excluding carboxylic acids is 1. The van der Waals surface area contributed by atoms with Crippen LogP contribution < -0.4 is 5.32 Å². The fraction of sp³-hybridized carbons (Fsp3) is 0.235. The van der Waals surface area contributed by atoms with E-state index in [1.54, 1.807) is 0 Å². The van der Waals surface area contributed by atoms with Crippen LogP contribution in [0.25, 0.3) is 10.2 Å². The van der Waals surface area contributed by atoms with Crippen molar-refractivity contribution in [3.63, 3.8) is 0 Å². The maximum Gasteiger partial charge on any atom is 0.348 e. The zero-order valence-electron chi connectivity index (χ0n) is 13.4. The number of anilines is 2. The second-order valence-corrected chi connectivity index (χ2v) is 6.39. The van der Waals surface area contributed by atoms with Gasteiger partial charge in [-0.3, -0.25) is 0 Å². The summed E-state index contributed by atoms with van der Waals surface area (Å²) in [6.45, 7) is 6.00. The zero-order valence-corrected chi connectivity index (χ0v) is 14.2. The van der Waals surface area contributed by atoms with Gasteiger partial charge in [-0.05, 0) is 38.0 Å². The fourth-order valence-corrected chi connectivity index (χ4v) is 3.60. The molecular formula is C17H17N3O2S. The molecule has 5 nitrogen and oxygen atoms in total. The van der Waals surface area contributed by atoms with Gasteiger partial charge in [0.15, 0.2) is 0 Å². The van der Waals surface area contributed by atoms with Crippen LogP contribution in [0.15, 0.2) is 24.5 Å². The number of rotatable bonds is 3. The number of ether oxygens (including phenoxy) is 1. The molecule has 0 saturated heterocycles. The van der Waals surface area contributed by atoms with Crippen LogP contribution in [0.5, 0.6) is 0 Å². The predicted octanol–water partition coefficient (Wildman–Crippen LogP) is 4.15. The van der Waals surface area contributed by atoms with Crippen molar-refractivity contribution in [1.82, 2.24) is 9.97 Å². The molecule has 0 aliphatic heterocycles. The summed E-state index contributed by atoms with van der Waals surface area (Å²) in [6, 6.07) is 6.19. The number of thiophene rings is 1. The van der Waals surface area contributed by atoms with E-state index in [0.717, 1.165) is 27.0 Å². The Labute approximate surface area is 138 Å². The normalized spacial score (nSPS) is 10.8. The highest BCUT2D eigenvalue weighted by Crippen LogP contribution is 2.35. The molecule has 23 heavy (non-hydrogen) atoms. The highest BCUT2D eigenvalue weighted by Gasteiger charge is 2.19. The molecule has 0 amide bonds. The first-order valence-electron chi connectivity index (χ1n) is 7.18. The maximum absolute atomic E-state index is 11.9. The predicted molar refractivity (Wildman–Crippen MR) is 92.7 cm³/mol. The van der Waals surface area contributed by atoms with E-state index in [1.165, 1.54) is 30.3 Å². The molecule has 0 spiro atoms. The number of aryl methyl sites for hydroxylation is 3. The van der Waals surface area contributed by atoms with Crippen molar-refractivity contribution in [2.45, 2.75) is 20.8 Å². The van der Waals surface area contributed by atoms with Crippen LogP contribution in [-0.2, 0) is 4.74 Å². The number of fused-ring (bicyclic) bond motifs is 1. The molecule has 1 aromatic carbocycles. The third kappa shape index (κ3) is 2.77. The summed E-state index contributed by atoms with van der Waals surface area (Å²) in [5, 5.41) is 4.22. The number of nitrogens with one attached hydrogen (secondary N) is 1. The Morgan fingerprint density at radius 2 is 2.00 bits per heavy atom. The second-order valence-electron chi connectivity index (χ2n) is 5.39. The van der Waals surface area contributed by atoms with Crippen LogP contribution >= 0.6 is 11.3 Å². The summed E-state index contributed by atoms with van der Waals surface area (Å²) in [6.07, 6.45) is 1.51. The van der Waals surface area contributed by atoms with E-state index >= 15 is 0 Å². The monoisotopic (exact) mass is 327 g/mol. The van der Waals surface area contributed by atoms with Gasteiger partial charge in [0.05, 0.1) is 12.5 Å². The molecule has 0 aliphatic rings. The van der Waals surface area contributed by atoms with Crippen LogP contribution in [0.2, 0.25) is 0 Å². The van der Waals surface area contributed by atoms with Gasteiger partial charge in [0.25, 0.3) is 0 Å². The number of aromatic nitrogens is 2. The lowest BCUT2D eigenvalue weighted by molar-refractivity contribution is 0.0605. The minimum atomic E-state index is -0.344. The average Bonchev–Trinajstić information content (AvgIpc) is 2.87. The van der Waals surface area contributed by atoms with E-state index in [9.17, 15) is 4.79 Å². The van der Waals surface area contributed by atoms with Gasteiger partial charge >= 0.3 is 5.97 Å². The van der Waals surface area contributed by atoms with E-state index in [-0.39, 0.29) is 5.97 Å². The van der Waals surface area contributed by atoms with Gasteiger partial charge in [-0.15, -0.1) is 11.3 Å². The smallest absolute Gasteiger partial charge is 0.348 e. The Balaban J connectivity index is 2.11. The Bertz CT molecular complexity index is 902. The van der Waals surface area contributed by atoms with E-state index in [1.807, 2.05) is 26.0 Å². The quantitative estimate of drug-likeness (QED) is 0.732. The minimum Gasteiger partial charge on any atom is -0.465 e. The van der Waals surface area contributed by atoms with Gasteiger partial charge in [-0.1, -0.05) is 17.7 Å². The first-order valence-corrected chi connectivity index (χ1v) is 7.99. The largest absolute Gasteiger partial charge is 0.465 e. The average molecular weight is 327 g/mol. The van der Waals surface area contributed by atoms with Crippen molar-refractivity contribution in [1.29, 1.82) is 0 Å². The van der Waals surface area contributed by atoms with Gasteiger partial charge in [-0.2, -0.15) is 0 Å². The Hall–Kier alpha value is -2.47. The molecule has 1 N–H and O–H groups in total. The summed E-state index contributed by atoms with van der Waals surface area (Å²) in [7, 11) is 1.38. The van der Waals surface area contributed by atoms with Crippen LogP contribution in [0.1, 0.15) is 26.4 Å². The van der Waals surface area contributed by atoms with Crippen molar-refractivity contribution < 1.29 is 9.53 Å². The fourth-order valence-electron chi connectivity index (χ4n) is 2.54. The zero-order chi connectivity index (χ0) is 16.6. The number of nitrogens with zero attached hydrogens (tertiary/aromatic N) is 2. The number of esters is 1. The first-order chi connectivity index (χ1) is 11.0. The maximum atomic E-state index is 11.9. The first kappa shape index (κ1) is 15.4. The van der Waals surface area contributed by atoms with Gasteiger partial charge in [0, 0.05) is 5.69 Å². The summed E-state index contributed by atoms with van der Waals surface area (Å²) in [5.41, 5.74) is 4.17. The number of methoxy groups -OCH3 is 1. The Morgan fingerprint density at radius 3 is 2.70 bits per heavy atom. The molecule has 0 bridgehead atoms. The lowest BCUT2D eigenvalue weighted by Gasteiger charge is -2.10. The van der Waals surface area contributed by atoms with Gasteiger partial charge in [-0.25, -0.2) is 14.8 Å². The SMILES string of the molecule is COC(=O)c1sc2ncnc(Nc3ccc(C)cc3C)c2c1C. The standard InChI is InChI=1S/C17H17N3O2S/c1-9-5-6-12(10(2)7-9)20-15-13-11(3)14(17(21)22-4)23-16(13)19-8-18-15/h5-8H,1-4H3,(H,18,19,20). The molecule has 3 aromatic rings. The van der Waals surface area contributed by atoms with Gasteiger partial charge < -0.3 is 10.1 Å². The lowest BCUT2D eigenvalue weighted by Crippen LogP contribution is -2.00.